The number of anilines is 1. The van der Waals surface area contributed by atoms with Crippen LogP contribution in [0.1, 0.15) is 56.6 Å². The summed E-state index contributed by atoms with van der Waals surface area (Å²) in [6.07, 6.45) is 5.39. The molecule has 2 rings (SSSR count). The van der Waals surface area contributed by atoms with Crippen LogP contribution in [0.4, 0.5) is 5.69 Å². The largest absolute Gasteiger partial charge is 0.346 e. The lowest BCUT2D eigenvalue weighted by atomic mass is 9.81. The van der Waals surface area contributed by atoms with Crippen molar-refractivity contribution in [2.45, 2.75) is 59.3 Å². The highest BCUT2D eigenvalue weighted by atomic mass is 16.2. The zero-order valence-electron chi connectivity index (χ0n) is 16.1. The molecule has 138 valence electrons. The average molecular weight is 344 g/mol. The highest BCUT2D eigenvalue weighted by molar-refractivity contribution is 5.93. The zero-order chi connectivity index (χ0) is 18.4. The number of hydrogen-bond donors (Lipinski definition) is 1. The number of hydrogen-bond acceptors (Lipinski definition) is 2. The predicted octanol–water partition coefficient (Wildman–Crippen LogP) is 4.31. The minimum Gasteiger partial charge on any atom is -0.346 e. The molecule has 4 heteroatoms. The monoisotopic (exact) mass is 344 g/mol. The Morgan fingerprint density at radius 1 is 1.12 bits per heavy atom. The second kappa shape index (κ2) is 9.02. The molecular formula is C21H32N2O2. The molecule has 0 unspecified atom stereocenters. The van der Waals surface area contributed by atoms with Gasteiger partial charge in [0.25, 0.3) is 0 Å². The lowest BCUT2D eigenvalue weighted by Gasteiger charge is -2.30. The van der Waals surface area contributed by atoms with Crippen molar-refractivity contribution in [3.63, 3.8) is 0 Å². The summed E-state index contributed by atoms with van der Waals surface area (Å²) in [4.78, 5) is 26.9. The fraction of sp³-hybridized carbons (Fsp3) is 0.619. The Morgan fingerprint density at radius 3 is 2.36 bits per heavy atom. The van der Waals surface area contributed by atoms with E-state index in [0.29, 0.717) is 0 Å². The van der Waals surface area contributed by atoms with Crippen molar-refractivity contribution in [2.75, 3.05) is 18.9 Å². The summed E-state index contributed by atoms with van der Waals surface area (Å²) >= 11 is 0. The van der Waals surface area contributed by atoms with Crippen LogP contribution in [-0.2, 0) is 9.59 Å². The van der Waals surface area contributed by atoms with E-state index in [1.54, 1.807) is 0 Å². The van der Waals surface area contributed by atoms with Gasteiger partial charge in [0, 0.05) is 31.1 Å². The third-order valence-corrected chi connectivity index (χ3v) is 5.31. The average Bonchev–Trinajstić information content (AvgIpc) is 2.61. The summed E-state index contributed by atoms with van der Waals surface area (Å²) in [5.74, 6) is 0.455. The fourth-order valence-electron chi connectivity index (χ4n) is 3.61. The van der Waals surface area contributed by atoms with E-state index in [-0.39, 0.29) is 23.7 Å². The number of aryl methyl sites for hydroxylation is 2. The topological polar surface area (TPSA) is 49.4 Å². The van der Waals surface area contributed by atoms with Crippen LogP contribution in [0.15, 0.2) is 18.2 Å². The van der Waals surface area contributed by atoms with Gasteiger partial charge < -0.3 is 10.2 Å². The molecule has 0 atom stereocenters. The van der Waals surface area contributed by atoms with E-state index in [1.807, 2.05) is 31.0 Å². The highest BCUT2D eigenvalue weighted by Gasteiger charge is 2.31. The Hall–Kier alpha value is -1.84. The standard InChI is InChI=1S/C21H32N2O2/c1-5-6-13-23(4)21(25)18-10-8-17(9-11-18)20(24)22-19-12-7-15(2)14-16(19)3/h7,12,14,17-18H,5-6,8-11,13H2,1-4H3,(H,22,24). The molecule has 0 heterocycles. The molecule has 0 bridgehead atoms. The molecule has 4 nitrogen and oxygen atoms in total. The molecular weight excluding hydrogens is 312 g/mol. The van der Waals surface area contributed by atoms with Crippen molar-refractivity contribution in [1.29, 1.82) is 0 Å². The van der Waals surface area contributed by atoms with E-state index in [0.717, 1.165) is 56.3 Å². The molecule has 1 aliphatic rings. The fourth-order valence-corrected chi connectivity index (χ4v) is 3.61. The first-order valence-electron chi connectivity index (χ1n) is 9.55. The number of amides is 2. The third kappa shape index (κ3) is 5.32. The van der Waals surface area contributed by atoms with Crippen LogP contribution >= 0.6 is 0 Å². The van der Waals surface area contributed by atoms with Gasteiger partial charge >= 0.3 is 0 Å². The molecule has 1 aromatic rings. The van der Waals surface area contributed by atoms with Gasteiger partial charge in [0.05, 0.1) is 0 Å². The van der Waals surface area contributed by atoms with Crippen molar-refractivity contribution >= 4 is 17.5 Å². The van der Waals surface area contributed by atoms with Gasteiger partial charge in [0.15, 0.2) is 0 Å². The molecule has 1 aromatic carbocycles. The molecule has 0 spiro atoms. The summed E-state index contributed by atoms with van der Waals surface area (Å²) in [6, 6.07) is 6.07. The van der Waals surface area contributed by atoms with Gasteiger partial charge in [-0.25, -0.2) is 0 Å². The third-order valence-electron chi connectivity index (χ3n) is 5.31. The van der Waals surface area contributed by atoms with Gasteiger partial charge in [-0.15, -0.1) is 0 Å². The van der Waals surface area contributed by atoms with Crippen molar-refractivity contribution < 1.29 is 9.59 Å². The second-order valence-corrected chi connectivity index (χ2v) is 7.47. The van der Waals surface area contributed by atoms with Gasteiger partial charge in [-0.05, 0) is 57.6 Å². The van der Waals surface area contributed by atoms with Crippen LogP contribution < -0.4 is 5.32 Å². The highest BCUT2D eigenvalue weighted by Crippen LogP contribution is 2.31. The van der Waals surface area contributed by atoms with Gasteiger partial charge in [0.2, 0.25) is 11.8 Å². The van der Waals surface area contributed by atoms with Gasteiger partial charge in [-0.2, -0.15) is 0 Å². The number of carbonyl (C=O) groups is 2. The second-order valence-electron chi connectivity index (χ2n) is 7.47. The zero-order valence-corrected chi connectivity index (χ0v) is 16.1. The quantitative estimate of drug-likeness (QED) is 0.836. The first-order valence-corrected chi connectivity index (χ1v) is 9.55. The Bertz CT molecular complexity index is 604. The number of nitrogens with zero attached hydrogens (tertiary/aromatic N) is 1. The first kappa shape index (κ1) is 19.5. The predicted molar refractivity (Wildman–Crippen MR) is 103 cm³/mol. The summed E-state index contributed by atoms with van der Waals surface area (Å²) < 4.78 is 0. The lowest BCUT2D eigenvalue weighted by molar-refractivity contribution is -0.136. The summed E-state index contributed by atoms with van der Waals surface area (Å²) in [5.41, 5.74) is 3.18. The van der Waals surface area contributed by atoms with Crippen molar-refractivity contribution in [3.8, 4) is 0 Å². The first-order chi connectivity index (χ1) is 11.9. The van der Waals surface area contributed by atoms with E-state index in [4.69, 9.17) is 0 Å². The van der Waals surface area contributed by atoms with Crippen LogP contribution in [0.25, 0.3) is 0 Å². The molecule has 1 N–H and O–H groups in total. The summed E-state index contributed by atoms with van der Waals surface area (Å²) in [5, 5.41) is 3.07. The van der Waals surface area contributed by atoms with Gasteiger partial charge in [0.1, 0.15) is 0 Å². The van der Waals surface area contributed by atoms with E-state index in [2.05, 4.69) is 25.2 Å². The lowest BCUT2D eigenvalue weighted by Crippen LogP contribution is -2.37. The molecule has 0 saturated heterocycles. The van der Waals surface area contributed by atoms with Crippen LogP contribution in [0.5, 0.6) is 0 Å². The Labute approximate surface area is 152 Å². The van der Waals surface area contributed by atoms with E-state index in [1.165, 1.54) is 5.56 Å². The van der Waals surface area contributed by atoms with Crippen molar-refractivity contribution in [3.05, 3.63) is 29.3 Å². The van der Waals surface area contributed by atoms with Crippen LogP contribution in [0.2, 0.25) is 0 Å². The normalized spacial score (nSPS) is 20.2. The number of nitrogens with one attached hydrogen (secondary N) is 1. The van der Waals surface area contributed by atoms with E-state index >= 15 is 0 Å². The van der Waals surface area contributed by atoms with E-state index < -0.39 is 0 Å². The van der Waals surface area contributed by atoms with Gasteiger partial charge in [-0.1, -0.05) is 31.0 Å². The molecule has 1 aliphatic carbocycles. The van der Waals surface area contributed by atoms with Gasteiger partial charge in [-0.3, -0.25) is 9.59 Å². The maximum atomic E-state index is 12.5. The Balaban J connectivity index is 1.84. The molecule has 2 amide bonds. The Kier molecular flexibility index (Phi) is 7.03. The maximum Gasteiger partial charge on any atom is 0.227 e. The molecule has 25 heavy (non-hydrogen) atoms. The summed E-state index contributed by atoms with van der Waals surface area (Å²) in [6.45, 7) is 7.04. The molecule has 1 fully saturated rings. The molecule has 0 aromatic heterocycles. The SMILES string of the molecule is CCCCN(C)C(=O)C1CCC(C(=O)Nc2ccc(C)cc2C)CC1. The number of unbranched alkanes of at least 4 members (excludes halogenated alkanes) is 1. The molecule has 0 aliphatic heterocycles. The van der Waals surface area contributed by atoms with E-state index in [9.17, 15) is 9.59 Å². The molecule has 0 radical (unpaired) electrons. The minimum absolute atomic E-state index is 0.0192. The van der Waals surface area contributed by atoms with Crippen LogP contribution in [0, 0.1) is 25.7 Å². The minimum atomic E-state index is 0.0192. The van der Waals surface area contributed by atoms with Crippen molar-refractivity contribution in [1.82, 2.24) is 4.90 Å². The van der Waals surface area contributed by atoms with Crippen molar-refractivity contribution in [2.24, 2.45) is 11.8 Å². The van der Waals surface area contributed by atoms with Crippen LogP contribution in [0.3, 0.4) is 0 Å². The smallest absolute Gasteiger partial charge is 0.227 e. The maximum absolute atomic E-state index is 12.5. The number of rotatable bonds is 6. The number of carbonyl (C=O) groups excluding carboxylic acids is 2. The summed E-state index contributed by atoms with van der Waals surface area (Å²) in [7, 11) is 1.90. The Morgan fingerprint density at radius 2 is 1.76 bits per heavy atom. The van der Waals surface area contributed by atoms with Crippen LogP contribution in [-0.4, -0.2) is 30.3 Å². The molecule has 1 saturated carbocycles. The number of benzene rings is 1.